The summed E-state index contributed by atoms with van der Waals surface area (Å²) in [4.78, 5) is 0. The van der Waals surface area contributed by atoms with Crippen LogP contribution in [-0.4, -0.2) is 19.8 Å². The van der Waals surface area contributed by atoms with Gasteiger partial charge in [-0.3, -0.25) is 0 Å². The number of methoxy groups -OCH3 is 1. The van der Waals surface area contributed by atoms with Gasteiger partial charge in [0.25, 0.3) is 0 Å². The van der Waals surface area contributed by atoms with Crippen molar-refractivity contribution in [1.29, 1.82) is 0 Å². The third kappa shape index (κ3) is 5.41. The van der Waals surface area contributed by atoms with Crippen molar-refractivity contribution in [1.82, 2.24) is 5.32 Å². The maximum atomic E-state index is 5.99. The summed E-state index contributed by atoms with van der Waals surface area (Å²) in [5.74, 6) is 2.32. The maximum Gasteiger partial charge on any atom is 0.161 e. The van der Waals surface area contributed by atoms with E-state index in [4.69, 9.17) is 9.47 Å². The van der Waals surface area contributed by atoms with E-state index in [2.05, 4.69) is 45.1 Å². The zero-order chi connectivity index (χ0) is 15.0. The molecule has 1 aromatic carbocycles. The van der Waals surface area contributed by atoms with Crippen LogP contribution < -0.4 is 14.8 Å². The van der Waals surface area contributed by atoms with Crippen LogP contribution >= 0.6 is 0 Å². The van der Waals surface area contributed by atoms with Crippen LogP contribution in [0.5, 0.6) is 11.5 Å². The summed E-state index contributed by atoms with van der Waals surface area (Å²) in [5.41, 5.74) is 1.22. The van der Waals surface area contributed by atoms with Gasteiger partial charge in [0.2, 0.25) is 0 Å². The van der Waals surface area contributed by atoms with Gasteiger partial charge in [-0.05, 0) is 43.0 Å². The van der Waals surface area contributed by atoms with E-state index in [9.17, 15) is 0 Å². The monoisotopic (exact) mass is 279 g/mol. The van der Waals surface area contributed by atoms with E-state index in [1.165, 1.54) is 5.56 Å². The zero-order valence-electron chi connectivity index (χ0n) is 13.5. The Morgan fingerprint density at radius 2 is 1.80 bits per heavy atom. The van der Waals surface area contributed by atoms with Gasteiger partial charge in [-0.1, -0.05) is 33.8 Å². The molecule has 0 aliphatic rings. The molecule has 1 rings (SSSR count). The van der Waals surface area contributed by atoms with Crippen LogP contribution in [0.3, 0.4) is 0 Å². The number of hydrogen-bond donors (Lipinski definition) is 1. The molecule has 0 spiro atoms. The Bertz CT molecular complexity index is 387. The van der Waals surface area contributed by atoms with E-state index in [0.717, 1.165) is 37.4 Å². The third-order valence-electron chi connectivity index (χ3n) is 3.31. The molecule has 114 valence electrons. The fourth-order valence-electron chi connectivity index (χ4n) is 2.06. The zero-order valence-corrected chi connectivity index (χ0v) is 13.5. The second-order valence-electron chi connectivity index (χ2n) is 5.57. The van der Waals surface area contributed by atoms with Gasteiger partial charge in [0.15, 0.2) is 11.5 Å². The molecule has 0 radical (unpaired) electrons. The summed E-state index contributed by atoms with van der Waals surface area (Å²) in [7, 11) is 1.69. The number of rotatable bonds is 9. The van der Waals surface area contributed by atoms with Gasteiger partial charge in [-0.15, -0.1) is 0 Å². The van der Waals surface area contributed by atoms with Crippen LogP contribution in [0.4, 0.5) is 0 Å². The minimum absolute atomic E-state index is 0.258. The van der Waals surface area contributed by atoms with E-state index in [0.29, 0.717) is 5.92 Å². The molecule has 3 heteroatoms. The molecule has 0 saturated carbocycles. The first-order valence-corrected chi connectivity index (χ1v) is 7.64. The van der Waals surface area contributed by atoms with E-state index in [1.807, 2.05) is 6.07 Å². The molecule has 1 N–H and O–H groups in total. The molecule has 3 nitrogen and oxygen atoms in total. The minimum Gasteiger partial charge on any atom is -0.493 e. The Balaban J connectivity index is 2.69. The summed E-state index contributed by atoms with van der Waals surface area (Å²) >= 11 is 0. The van der Waals surface area contributed by atoms with Crippen molar-refractivity contribution in [2.75, 3.05) is 13.7 Å². The van der Waals surface area contributed by atoms with Crippen LogP contribution in [0.2, 0.25) is 0 Å². The Morgan fingerprint density at radius 3 is 2.35 bits per heavy atom. The van der Waals surface area contributed by atoms with Gasteiger partial charge in [0, 0.05) is 6.54 Å². The Hall–Kier alpha value is -1.22. The molecule has 0 saturated heterocycles. The second-order valence-corrected chi connectivity index (χ2v) is 5.57. The van der Waals surface area contributed by atoms with E-state index < -0.39 is 0 Å². The Kier molecular flexibility index (Phi) is 7.45. The summed E-state index contributed by atoms with van der Waals surface area (Å²) in [6.07, 6.45) is 2.28. The Morgan fingerprint density at radius 1 is 1.10 bits per heavy atom. The molecule has 0 aliphatic heterocycles. The summed E-state index contributed by atoms with van der Waals surface area (Å²) in [5, 5.41) is 3.44. The lowest BCUT2D eigenvalue weighted by Crippen LogP contribution is -2.19. The first-order chi connectivity index (χ1) is 9.60. The van der Waals surface area contributed by atoms with Gasteiger partial charge >= 0.3 is 0 Å². The first kappa shape index (κ1) is 16.8. The van der Waals surface area contributed by atoms with Gasteiger partial charge in [0.05, 0.1) is 13.2 Å². The van der Waals surface area contributed by atoms with Crippen molar-refractivity contribution < 1.29 is 9.47 Å². The van der Waals surface area contributed by atoms with Gasteiger partial charge in [-0.2, -0.15) is 0 Å². The quantitative estimate of drug-likeness (QED) is 0.741. The fraction of sp³-hybridized carbons (Fsp3) is 0.647. The van der Waals surface area contributed by atoms with Crippen LogP contribution in [0.15, 0.2) is 18.2 Å². The van der Waals surface area contributed by atoms with Crippen molar-refractivity contribution in [3.63, 3.8) is 0 Å². The van der Waals surface area contributed by atoms with E-state index in [1.54, 1.807) is 7.11 Å². The van der Waals surface area contributed by atoms with Crippen molar-refractivity contribution in [2.45, 2.75) is 53.2 Å². The highest BCUT2D eigenvalue weighted by molar-refractivity contribution is 5.43. The van der Waals surface area contributed by atoms with Crippen molar-refractivity contribution in [3.05, 3.63) is 23.8 Å². The van der Waals surface area contributed by atoms with Crippen molar-refractivity contribution >= 4 is 0 Å². The van der Waals surface area contributed by atoms with Crippen LogP contribution in [0, 0.1) is 5.92 Å². The molecule has 1 aromatic rings. The summed E-state index contributed by atoms with van der Waals surface area (Å²) in [6.45, 7) is 10.6. The number of nitrogens with one attached hydrogen (secondary N) is 1. The third-order valence-corrected chi connectivity index (χ3v) is 3.31. The van der Waals surface area contributed by atoms with Crippen LogP contribution in [-0.2, 0) is 6.54 Å². The molecular formula is C17H29NO2. The summed E-state index contributed by atoms with van der Waals surface area (Å²) < 4.78 is 11.4. The standard InChI is InChI=1S/C17H29NO2/c1-6-15(7-2)20-16-9-8-14(10-17(16)19-5)12-18-11-13(3)4/h8-10,13,15,18H,6-7,11-12H2,1-5H3. The lowest BCUT2D eigenvalue weighted by molar-refractivity contribution is 0.185. The average Bonchev–Trinajstić information content (AvgIpc) is 2.45. The molecule has 20 heavy (non-hydrogen) atoms. The smallest absolute Gasteiger partial charge is 0.161 e. The topological polar surface area (TPSA) is 30.5 Å². The summed E-state index contributed by atoms with van der Waals surface area (Å²) in [6, 6.07) is 6.18. The maximum absolute atomic E-state index is 5.99. The molecule has 0 amide bonds. The van der Waals surface area contributed by atoms with Crippen LogP contribution in [0.1, 0.15) is 46.1 Å². The largest absolute Gasteiger partial charge is 0.493 e. The van der Waals surface area contributed by atoms with Crippen molar-refractivity contribution in [3.8, 4) is 11.5 Å². The highest BCUT2D eigenvalue weighted by atomic mass is 16.5. The fourth-order valence-corrected chi connectivity index (χ4v) is 2.06. The molecule has 0 aliphatic carbocycles. The predicted molar refractivity (Wildman–Crippen MR) is 84.5 cm³/mol. The SMILES string of the molecule is CCC(CC)Oc1ccc(CNCC(C)C)cc1OC. The van der Waals surface area contributed by atoms with Crippen molar-refractivity contribution in [2.24, 2.45) is 5.92 Å². The predicted octanol–water partition coefficient (Wildman–Crippen LogP) is 4.01. The van der Waals surface area contributed by atoms with E-state index >= 15 is 0 Å². The molecule has 0 unspecified atom stereocenters. The molecular weight excluding hydrogens is 250 g/mol. The second kappa shape index (κ2) is 8.85. The number of benzene rings is 1. The van der Waals surface area contributed by atoms with E-state index in [-0.39, 0.29) is 6.10 Å². The number of hydrogen-bond acceptors (Lipinski definition) is 3. The van der Waals surface area contributed by atoms with Gasteiger partial charge < -0.3 is 14.8 Å². The molecule has 0 fully saturated rings. The van der Waals surface area contributed by atoms with Crippen LogP contribution in [0.25, 0.3) is 0 Å². The molecule has 0 atom stereocenters. The highest BCUT2D eigenvalue weighted by Crippen LogP contribution is 2.29. The molecule has 0 aromatic heterocycles. The number of ether oxygens (including phenoxy) is 2. The Labute approximate surface area is 123 Å². The van der Waals surface area contributed by atoms with Gasteiger partial charge in [0.1, 0.15) is 0 Å². The lowest BCUT2D eigenvalue weighted by atomic mass is 10.1. The molecule has 0 heterocycles. The van der Waals surface area contributed by atoms with Gasteiger partial charge in [-0.25, -0.2) is 0 Å². The molecule has 0 bridgehead atoms. The first-order valence-electron chi connectivity index (χ1n) is 7.64. The minimum atomic E-state index is 0.258. The lowest BCUT2D eigenvalue weighted by Gasteiger charge is -2.18. The average molecular weight is 279 g/mol. The normalized spacial score (nSPS) is 11.2. The highest BCUT2D eigenvalue weighted by Gasteiger charge is 2.10.